The van der Waals surface area contributed by atoms with Gasteiger partial charge in [0.15, 0.2) is 0 Å². The van der Waals surface area contributed by atoms with Gasteiger partial charge in [-0.05, 0) is 50.7 Å². The lowest BCUT2D eigenvalue weighted by molar-refractivity contribution is 0.166. The van der Waals surface area contributed by atoms with E-state index in [0.717, 1.165) is 17.6 Å². The van der Waals surface area contributed by atoms with Crippen LogP contribution in [-0.4, -0.2) is 49.1 Å². The second-order valence-electron chi connectivity index (χ2n) is 5.67. The first-order chi connectivity index (χ1) is 9.65. The molecule has 2 atom stereocenters. The molecule has 0 saturated carbocycles. The molecule has 2 unspecified atom stereocenters. The van der Waals surface area contributed by atoms with Crippen LogP contribution in [0.5, 0.6) is 0 Å². The lowest BCUT2D eigenvalue weighted by Gasteiger charge is -2.33. The minimum atomic E-state index is 0.298. The van der Waals surface area contributed by atoms with E-state index in [1.54, 1.807) is 0 Å². The first kappa shape index (κ1) is 16.0. The van der Waals surface area contributed by atoms with E-state index < -0.39 is 0 Å². The summed E-state index contributed by atoms with van der Waals surface area (Å²) in [6.07, 6.45) is 2.64. The maximum Gasteiger partial charge on any atom is 0.0468 e. The van der Waals surface area contributed by atoms with Gasteiger partial charge in [0.2, 0.25) is 0 Å². The number of rotatable bonds is 6. The van der Waals surface area contributed by atoms with Crippen LogP contribution in [0.4, 0.5) is 0 Å². The molecule has 1 aromatic carbocycles. The average molecular weight is 340 g/mol. The van der Waals surface area contributed by atoms with Crippen molar-refractivity contribution >= 4 is 15.9 Å². The minimum absolute atomic E-state index is 0.298. The summed E-state index contributed by atoms with van der Waals surface area (Å²) in [5.41, 5.74) is 7.32. The molecule has 20 heavy (non-hydrogen) atoms. The van der Waals surface area contributed by atoms with Gasteiger partial charge in [-0.3, -0.25) is 9.80 Å². The van der Waals surface area contributed by atoms with Crippen molar-refractivity contribution in [1.82, 2.24) is 9.80 Å². The zero-order valence-corrected chi connectivity index (χ0v) is 14.1. The normalized spacial score (nSPS) is 21.6. The van der Waals surface area contributed by atoms with Crippen LogP contribution in [0.3, 0.4) is 0 Å². The van der Waals surface area contributed by atoms with E-state index in [1.807, 2.05) is 0 Å². The number of likely N-dealkylation sites (N-methyl/N-ethyl adjacent to an activating group) is 2. The highest BCUT2D eigenvalue weighted by molar-refractivity contribution is 9.10. The molecule has 1 aromatic rings. The third kappa shape index (κ3) is 3.82. The van der Waals surface area contributed by atoms with Gasteiger partial charge in [0.1, 0.15) is 0 Å². The van der Waals surface area contributed by atoms with Crippen LogP contribution in [-0.2, 0) is 0 Å². The molecule has 112 valence electrons. The summed E-state index contributed by atoms with van der Waals surface area (Å²) in [5.74, 6) is 0. The monoisotopic (exact) mass is 339 g/mol. The van der Waals surface area contributed by atoms with Crippen LogP contribution < -0.4 is 5.73 Å². The summed E-state index contributed by atoms with van der Waals surface area (Å²) in [7, 11) is 2.20. The first-order valence-corrected chi connectivity index (χ1v) is 8.34. The summed E-state index contributed by atoms with van der Waals surface area (Å²) in [5, 5.41) is 0. The first-order valence-electron chi connectivity index (χ1n) is 7.55. The number of hydrogen-bond acceptors (Lipinski definition) is 3. The molecular weight excluding hydrogens is 314 g/mol. The molecule has 1 heterocycles. The van der Waals surface area contributed by atoms with Crippen LogP contribution in [0.25, 0.3) is 0 Å². The van der Waals surface area contributed by atoms with Crippen molar-refractivity contribution in [2.75, 3.05) is 33.2 Å². The summed E-state index contributed by atoms with van der Waals surface area (Å²) >= 11 is 3.55. The van der Waals surface area contributed by atoms with E-state index in [0.29, 0.717) is 18.6 Å². The molecule has 1 aliphatic heterocycles. The van der Waals surface area contributed by atoms with Gasteiger partial charge < -0.3 is 5.73 Å². The van der Waals surface area contributed by atoms with Crippen molar-refractivity contribution in [2.45, 2.75) is 31.8 Å². The van der Waals surface area contributed by atoms with Crippen LogP contribution in [0, 0.1) is 0 Å². The highest BCUT2D eigenvalue weighted by Crippen LogP contribution is 2.24. The van der Waals surface area contributed by atoms with E-state index in [1.165, 1.54) is 24.9 Å². The van der Waals surface area contributed by atoms with E-state index in [4.69, 9.17) is 5.73 Å². The summed E-state index contributed by atoms with van der Waals surface area (Å²) < 4.78 is 1.12. The Morgan fingerprint density at radius 3 is 2.95 bits per heavy atom. The number of nitrogens with two attached hydrogens (primary N) is 1. The molecule has 1 fully saturated rings. The van der Waals surface area contributed by atoms with Gasteiger partial charge in [0.05, 0.1) is 0 Å². The fourth-order valence-corrected chi connectivity index (χ4v) is 3.68. The topological polar surface area (TPSA) is 32.5 Å². The molecule has 2 rings (SSSR count). The Kier molecular flexibility index (Phi) is 6.02. The Morgan fingerprint density at radius 1 is 1.50 bits per heavy atom. The van der Waals surface area contributed by atoms with Crippen LogP contribution in [0.2, 0.25) is 0 Å². The van der Waals surface area contributed by atoms with Gasteiger partial charge in [-0.25, -0.2) is 0 Å². The number of hydrogen-bond donors (Lipinski definition) is 1. The number of likely N-dealkylation sites (tertiary alicyclic amines) is 1. The molecule has 1 aliphatic rings. The predicted molar refractivity (Wildman–Crippen MR) is 88.8 cm³/mol. The van der Waals surface area contributed by atoms with Crippen molar-refractivity contribution < 1.29 is 0 Å². The minimum Gasteiger partial charge on any atom is -0.329 e. The summed E-state index contributed by atoms with van der Waals surface area (Å²) in [6, 6.07) is 9.49. The second-order valence-corrected chi connectivity index (χ2v) is 6.59. The summed E-state index contributed by atoms with van der Waals surface area (Å²) in [4.78, 5) is 5.01. The van der Waals surface area contributed by atoms with E-state index >= 15 is 0 Å². The molecule has 0 radical (unpaired) electrons. The zero-order chi connectivity index (χ0) is 14.5. The van der Waals surface area contributed by atoms with Crippen molar-refractivity contribution in [3.63, 3.8) is 0 Å². The molecule has 0 aromatic heterocycles. The van der Waals surface area contributed by atoms with Gasteiger partial charge >= 0.3 is 0 Å². The Hall–Kier alpha value is -0.420. The number of benzene rings is 1. The molecule has 3 nitrogen and oxygen atoms in total. The Balaban J connectivity index is 2.03. The zero-order valence-electron chi connectivity index (χ0n) is 12.6. The second kappa shape index (κ2) is 7.55. The molecule has 0 amide bonds. The van der Waals surface area contributed by atoms with E-state index in [9.17, 15) is 0 Å². The largest absolute Gasteiger partial charge is 0.329 e. The van der Waals surface area contributed by atoms with Crippen molar-refractivity contribution in [3.8, 4) is 0 Å². The van der Waals surface area contributed by atoms with Crippen LogP contribution in [0.15, 0.2) is 28.7 Å². The molecule has 0 bridgehead atoms. The number of nitrogens with zero attached hydrogens (tertiary/aromatic N) is 2. The fourth-order valence-electron chi connectivity index (χ4n) is 3.26. The van der Waals surface area contributed by atoms with Crippen molar-refractivity contribution in [2.24, 2.45) is 5.73 Å². The molecule has 2 N–H and O–H groups in total. The molecule has 4 heteroatoms. The lowest BCUT2D eigenvalue weighted by atomic mass is 10.0. The van der Waals surface area contributed by atoms with Gasteiger partial charge in [0, 0.05) is 29.6 Å². The quantitative estimate of drug-likeness (QED) is 0.864. The SMILES string of the molecule is CCN1CCCC1CN(C)C(CN)c1cccc(Br)c1. The molecular formula is C16H26BrN3. The Morgan fingerprint density at radius 2 is 2.30 bits per heavy atom. The molecule has 1 saturated heterocycles. The van der Waals surface area contributed by atoms with E-state index in [2.05, 4.69) is 64.0 Å². The highest BCUT2D eigenvalue weighted by atomic mass is 79.9. The van der Waals surface area contributed by atoms with Gasteiger partial charge in [-0.1, -0.05) is 35.0 Å². The maximum atomic E-state index is 6.03. The smallest absolute Gasteiger partial charge is 0.0468 e. The average Bonchev–Trinajstić information content (AvgIpc) is 2.87. The van der Waals surface area contributed by atoms with Gasteiger partial charge in [0.25, 0.3) is 0 Å². The van der Waals surface area contributed by atoms with Crippen LogP contribution >= 0.6 is 15.9 Å². The van der Waals surface area contributed by atoms with Crippen LogP contribution in [0.1, 0.15) is 31.4 Å². The van der Waals surface area contributed by atoms with Gasteiger partial charge in [-0.2, -0.15) is 0 Å². The predicted octanol–water partition coefficient (Wildman–Crippen LogP) is 2.87. The standard InChI is InChI=1S/C16H26BrN3/c1-3-20-9-5-8-15(20)12-19(2)16(11-18)13-6-4-7-14(17)10-13/h4,6-7,10,15-16H,3,5,8-9,11-12,18H2,1-2H3. The Labute approximate surface area is 131 Å². The van der Waals surface area contributed by atoms with Crippen molar-refractivity contribution in [1.29, 1.82) is 0 Å². The fraction of sp³-hybridized carbons (Fsp3) is 0.625. The van der Waals surface area contributed by atoms with E-state index in [-0.39, 0.29) is 0 Å². The number of halogens is 1. The third-order valence-electron chi connectivity index (χ3n) is 4.39. The van der Waals surface area contributed by atoms with Crippen molar-refractivity contribution in [3.05, 3.63) is 34.3 Å². The Bertz CT molecular complexity index is 424. The maximum absolute atomic E-state index is 6.03. The molecule has 0 aliphatic carbocycles. The summed E-state index contributed by atoms with van der Waals surface area (Å²) in [6.45, 7) is 6.42. The third-order valence-corrected chi connectivity index (χ3v) is 4.89. The highest BCUT2D eigenvalue weighted by Gasteiger charge is 2.26. The molecule has 0 spiro atoms. The van der Waals surface area contributed by atoms with Gasteiger partial charge in [-0.15, -0.1) is 0 Å². The lowest BCUT2D eigenvalue weighted by Crippen LogP contribution is -2.41.